The Morgan fingerprint density at radius 1 is 1.16 bits per heavy atom. The highest BCUT2D eigenvalue weighted by molar-refractivity contribution is 7.12. The van der Waals surface area contributed by atoms with Crippen molar-refractivity contribution in [2.45, 2.75) is 64.3 Å². The van der Waals surface area contributed by atoms with Crippen molar-refractivity contribution in [2.24, 2.45) is 23.5 Å². The number of fused-ring (bicyclic) bond motifs is 1. The molecule has 0 spiro atoms. The fourth-order valence-electron chi connectivity index (χ4n) is 4.23. The molecule has 1 nitrogen and oxygen atoms in total. The number of thiophene rings is 1. The zero-order chi connectivity index (χ0) is 13.2. The molecule has 2 fully saturated rings. The van der Waals surface area contributed by atoms with Gasteiger partial charge in [0.05, 0.1) is 0 Å². The van der Waals surface area contributed by atoms with Gasteiger partial charge in [0.1, 0.15) is 0 Å². The Morgan fingerprint density at radius 3 is 2.68 bits per heavy atom. The number of hydrogen-bond acceptors (Lipinski definition) is 2. The number of nitrogens with two attached hydrogens (primary N) is 1. The highest BCUT2D eigenvalue weighted by Gasteiger charge is 2.35. The van der Waals surface area contributed by atoms with Gasteiger partial charge in [0.25, 0.3) is 0 Å². The Hall–Kier alpha value is -0.340. The highest BCUT2D eigenvalue weighted by atomic mass is 32.1. The normalized spacial score (nSPS) is 32.8. The summed E-state index contributed by atoms with van der Waals surface area (Å²) in [4.78, 5) is 2.91. The minimum Gasteiger partial charge on any atom is -0.323 e. The zero-order valence-electron chi connectivity index (χ0n) is 12.1. The summed E-state index contributed by atoms with van der Waals surface area (Å²) in [5.74, 6) is 2.76. The SMILES string of the molecule is CCc1ccc(C(N)C2CCC3CCCCC3C2)s1. The number of aryl methyl sites for hydroxylation is 1. The zero-order valence-corrected chi connectivity index (χ0v) is 12.9. The van der Waals surface area contributed by atoms with Gasteiger partial charge in [-0.15, -0.1) is 11.3 Å². The molecule has 2 heteroatoms. The lowest BCUT2D eigenvalue weighted by atomic mass is 9.66. The Kier molecular flexibility index (Phi) is 4.28. The van der Waals surface area contributed by atoms with Crippen LogP contribution in [0.2, 0.25) is 0 Å². The first-order chi connectivity index (χ1) is 9.28. The first-order valence-corrected chi connectivity index (χ1v) is 8.93. The molecule has 106 valence electrons. The van der Waals surface area contributed by atoms with E-state index in [1.807, 2.05) is 11.3 Å². The second kappa shape index (κ2) is 5.97. The van der Waals surface area contributed by atoms with Crippen molar-refractivity contribution in [1.29, 1.82) is 0 Å². The average Bonchev–Trinajstić information content (AvgIpc) is 2.95. The van der Waals surface area contributed by atoms with E-state index in [1.54, 1.807) is 0 Å². The monoisotopic (exact) mass is 277 g/mol. The first-order valence-electron chi connectivity index (χ1n) is 8.12. The summed E-state index contributed by atoms with van der Waals surface area (Å²) in [5, 5.41) is 0. The minimum absolute atomic E-state index is 0.299. The maximum atomic E-state index is 6.57. The molecule has 0 radical (unpaired) electrons. The largest absolute Gasteiger partial charge is 0.323 e. The summed E-state index contributed by atoms with van der Waals surface area (Å²) in [6.45, 7) is 2.23. The van der Waals surface area contributed by atoms with Gasteiger partial charge in [-0.2, -0.15) is 0 Å². The molecule has 2 aliphatic carbocycles. The van der Waals surface area contributed by atoms with Crippen molar-refractivity contribution in [3.05, 3.63) is 21.9 Å². The van der Waals surface area contributed by atoms with Crippen LogP contribution in [-0.4, -0.2) is 0 Å². The van der Waals surface area contributed by atoms with Gasteiger partial charge in [0.15, 0.2) is 0 Å². The third kappa shape index (κ3) is 2.90. The van der Waals surface area contributed by atoms with Crippen molar-refractivity contribution in [3.8, 4) is 0 Å². The molecule has 1 aromatic rings. The van der Waals surface area contributed by atoms with Crippen LogP contribution in [-0.2, 0) is 6.42 Å². The Bertz CT molecular complexity index is 411. The van der Waals surface area contributed by atoms with Gasteiger partial charge in [0.2, 0.25) is 0 Å². The topological polar surface area (TPSA) is 26.0 Å². The molecule has 0 saturated heterocycles. The van der Waals surface area contributed by atoms with Gasteiger partial charge in [0, 0.05) is 15.8 Å². The van der Waals surface area contributed by atoms with E-state index >= 15 is 0 Å². The molecule has 2 aliphatic rings. The molecule has 0 aliphatic heterocycles. The lowest BCUT2D eigenvalue weighted by molar-refractivity contribution is 0.118. The van der Waals surface area contributed by atoms with E-state index in [9.17, 15) is 0 Å². The quantitative estimate of drug-likeness (QED) is 0.834. The van der Waals surface area contributed by atoms with Gasteiger partial charge in [-0.3, -0.25) is 0 Å². The maximum Gasteiger partial charge on any atom is 0.0418 e. The van der Waals surface area contributed by atoms with Crippen molar-refractivity contribution >= 4 is 11.3 Å². The lowest BCUT2D eigenvalue weighted by Crippen LogP contribution is -2.32. The van der Waals surface area contributed by atoms with Crippen LogP contribution in [0.5, 0.6) is 0 Å². The van der Waals surface area contributed by atoms with Crippen molar-refractivity contribution in [2.75, 3.05) is 0 Å². The van der Waals surface area contributed by atoms with Crippen LogP contribution >= 0.6 is 11.3 Å². The molecule has 0 amide bonds. The van der Waals surface area contributed by atoms with Crippen LogP contribution in [0.1, 0.15) is 67.7 Å². The van der Waals surface area contributed by atoms with E-state index in [0.717, 1.165) is 24.2 Å². The fraction of sp³-hybridized carbons (Fsp3) is 0.765. The van der Waals surface area contributed by atoms with Gasteiger partial charge in [-0.05, 0) is 55.6 Å². The van der Waals surface area contributed by atoms with E-state index in [1.165, 1.54) is 54.7 Å². The van der Waals surface area contributed by atoms with Crippen LogP contribution < -0.4 is 5.73 Å². The predicted molar refractivity (Wildman–Crippen MR) is 83.4 cm³/mol. The van der Waals surface area contributed by atoms with E-state index in [0.29, 0.717) is 6.04 Å². The van der Waals surface area contributed by atoms with Crippen molar-refractivity contribution in [1.82, 2.24) is 0 Å². The Morgan fingerprint density at radius 2 is 1.95 bits per heavy atom. The number of rotatable bonds is 3. The lowest BCUT2D eigenvalue weighted by Gasteiger charge is -2.41. The molecule has 4 atom stereocenters. The minimum atomic E-state index is 0.299. The van der Waals surface area contributed by atoms with Gasteiger partial charge in [-0.1, -0.05) is 32.6 Å². The predicted octanol–water partition coefficient (Wildman–Crippen LogP) is 4.92. The third-order valence-corrected chi connectivity index (χ3v) is 6.78. The van der Waals surface area contributed by atoms with Crippen LogP contribution in [0, 0.1) is 17.8 Å². The van der Waals surface area contributed by atoms with E-state index in [4.69, 9.17) is 5.73 Å². The number of hydrogen-bond donors (Lipinski definition) is 1. The summed E-state index contributed by atoms with van der Waals surface area (Å²) in [7, 11) is 0. The molecule has 3 rings (SSSR count). The van der Waals surface area contributed by atoms with Gasteiger partial charge < -0.3 is 5.73 Å². The average molecular weight is 277 g/mol. The van der Waals surface area contributed by atoms with E-state index in [-0.39, 0.29) is 0 Å². The molecular formula is C17H27NS. The molecule has 1 aromatic heterocycles. The van der Waals surface area contributed by atoms with Crippen LogP contribution in [0.15, 0.2) is 12.1 Å². The Balaban J connectivity index is 1.65. The van der Waals surface area contributed by atoms with Crippen LogP contribution in [0.25, 0.3) is 0 Å². The van der Waals surface area contributed by atoms with Crippen molar-refractivity contribution < 1.29 is 0 Å². The molecule has 4 unspecified atom stereocenters. The van der Waals surface area contributed by atoms with Crippen LogP contribution in [0.3, 0.4) is 0 Å². The first kappa shape index (κ1) is 13.6. The molecule has 2 saturated carbocycles. The van der Waals surface area contributed by atoms with Crippen molar-refractivity contribution in [3.63, 3.8) is 0 Å². The third-order valence-electron chi connectivity index (χ3n) is 5.45. The highest BCUT2D eigenvalue weighted by Crippen LogP contribution is 2.46. The van der Waals surface area contributed by atoms with Gasteiger partial charge >= 0.3 is 0 Å². The summed E-state index contributed by atoms with van der Waals surface area (Å²) in [5.41, 5.74) is 6.57. The molecule has 1 heterocycles. The van der Waals surface area contributed by atoms with Gasteiger partial charge in [-0.25, -0.2) is 0 Å². The molecular weight excluding hydrogens is 250 g/mol. The van der Waals surface area contributed by atoms with E-state index < -0.39 is 0 Å². The molecule has 0 aromatic carbocycles. The summed E-state index contributed by atoms with van der Waals surface area (Å²) < 4.78 is 0. The summed E-state index contributed by atoms with van der Waals surface area (Å²) >= 11 is 1.94. The molecule has 2 N–H and O–H groups in total. The second-order valence-corrected chi connectivity index (χ2v) is 7.76. The summed E-state index contributed by atoms with van der Waals surface area (Å²) in [6, 6.07) is 4.85. The second-order valence-electron chi connectivity index (χ2n) is 6.56. The van der Waals surface area contributed by atoms with Crippen LogP contribution in [0.4, 0.5) is 0 Å². The standard InChI is InChI=1S/C17H27NS/c1-2-15-9-10-16(19-15)17(18)14-8-7-12-5-3-4-6-13(12)11-14/h9-10,12-14,17H,2-8,11,18H2,1H3. The summed E-state index contributed by atoms with van der Waals surface area (Å²) in [6.07, 6.45) is 11.2. The van der Waals surface area contributed by atoms with E-state index in [2.05, 4.69) is 19.1 Å². The maximum absolute atomic E-state index is 6.57. The smallest absolute Gasteiger partial charge is 0.0418 e. The molecule has 0 bridgehead atoms. The Labute approximate surface area is 121 Å². The molecule has 19 heavy (non-hydrogen) atoms. The fourth-order valence-corrected chi connectivity index (χ4v) is 5.28.